The second-order valence-corrected chi connectivity index (χ2v) is 20.8. The van der Waals surface area contributed by atoms with Gasteiger partial charge in [-0.2, -0.15) is 13.2 Å². The molecule has 1 N–H and O–H groups in total. The zero-order valence-electron chi connectivity index (χ0n) is 29.2. The molecule has 16 heteroatoms. The zero-order valence-corrected chi connectivity index (χ0v) is 31.0. The summed E-state index contributed by atoms with van der Waals surface area (Å²) in [6, 6.07) is 13.4. The summed E-state index contributed by atoms with van der Waals surface area (Å²) in [7, 11) is -1.38. The number of pyridine rings is 1. The van der Waals surface area contributed by atoms with Crippen LogP contribution in [0.25, 0.3) is 33.0 Å². The highest BCUT2D eigenvalue weighted by Gasteiger charge is 2.37. The molecule has 5 aromatic rings. The quantitative estimate of drug-likeness (QED) is 0.106. The minimum atomic E-state index is -4.73. The lowest BCUT2D eigenvalue weighted by Crippen LogP contribution is -2.50. The lowest BCUT2D eigenvalue weighted by atomic mass is 10.00. The molecule has 51 heavy (non-hydrogen) atoms. The van der Waals surface area contributed by atoms with Crippen LogP contribution in [0.15, 0.2) is 54.9 Å². The number of carbonyl (C=O) groups excluding carboxylic acids is 1. The molecule has 5 heterocycles. The van der Waals surface area contributed by atoms with E-state index in [1.165, 1.54) is 11.3 Å². The minimum absolute atomic E-state index is 0.0244. The number of likely N-dealkylation sites (tertiary alicyclic amines) is 1. The topological polar surface area (TPSA) is 120 Å². The Kier molecular flexibility index (Phi) is 10.7. The Hall–Kier alpha value is -4.41. The number of piperidine rings is 1. The fraction of sp³-hybridized carbons (Fsp3) is 0.429. The highest BCUT2D eigenvalue weighted by molar-refractivity contribution is 7.14. The molecular formula is C35H41F3N8O3SSi. The molecule has 4 aromatic heterocycles. The second kappa shape index (κ2) is 15.1. The third kappa shape index (κ3) is 8.91. The predicted octanol–water partition coefficient (Wildman–Crippen LogP) is 8.25. The predicted molar refractivity (Wildman–Crippen MR) is 193 cm³/mol. The molecule has 0 bridgehead atoms. The average molecular weight is 739 g/mol. The first kappa shape index (κ1) is 36.4. The first-order chi connectivity index (χ1) is 24.2. The number of nitrogens with zero attached hydrogens (tertiary/aromatic N) is 7. The van der Waals surface area contributed by atoms with Gasteiger partial charge in [-0.3, -0.25) is 0 Å². The van der Waals surface area contributed by atoms with Gasteiger partial charge in [-0.25, -0.2) is 19.7 Å². The number of hydrogen-bond donors (Lipinski definition) is 1. The van der Waals surface area contributed by atoms with Crippen molar-refractivity contribution in [1.29, 1.82) is 0 Å². The van der Waals surface area contributed by atoms with Crippen molar-refractivity contribution in [2.24, 2.45) is 0 Å². The number of aryl methyl sites for hydroxylation is 1. The summed E-state index contributed by atoms with van der Waals surface area (Å²) in [4.78, 5) is 28.1. The number of rotatable bonds is 11. The lowest BCUT2D eigenvalue weighted by Gasteiger charge is -2.37. The van der Waals surface area contributed by atoms with Crippen molar-refractivity contribution in [3.05, 3.63) is 71.0 Å². The largest absolute Gasteiger partial charge is 0.445 e. The van der Waals surface area contributed by atoms with Crippen molar-refractivity contribution >= 4 is 42.5 Å². The maximum atomic E-state index is 14.5. The number of anilines is 1. The normalized spacial score (nSPS) is 16.8. The van der Waals surface area contributed by atoms with Crippen molar-refractivity contribution in [2.45, 2.75) is 84.0 Å². The van der Waals surface area contributed by atoms with Crippen LogP contribution in [0.4, 0.5) is 23.9 Å². The van der Waals surface area contributed by atoms with E-state index in [4.69, 9.17) is 14.5 Å². The van der Waals surface area contributed by atoms with E-state index in [9.17, 15) is 18.0 Å². The number of nitrogens with one attached hydrogen (secondary N) is 1. The van der Waals surface area contributed by atoms with Crippen molar-refractivity contribution in [1.82, 2.24) is 34.6 Å². The third-order valence-electron chi connectivity index (χ3n) is 8.70. The van der Waals surface area contributed by atoms with Crippen LogP contribution in [0.2, 0.25) is 25.7 Å². The second-order valence-electron chi connectivity index (χ2n) is 14.0. The van der Waals surface area contributed by atoms with Gasteiger partial charge in [0.05, 0.1) is 5.69 Å². The van der Waals surface area contributed by atoms with Crippen LogP contribution >= 0.6 is 11.3 Å². The molecule has 1 aliphatic heterocycles. The van der Waals surface area contributed by atoms with Gasteiger partial charge in [0.2, 0.25) is 5.95 Å². The Morgan fingerprint density at radius 1 is 1.08 bits per heavy atom. The van der Waals surface area contributed by atoms with Crippen LogP contribution in [-0.4, -0.2) is 74.0 Å². The van der Waals surface area contributed by atoms with Gasteiger partial charge in [0.15, 0.2) is 5.01 Å². The molecule has 1 fully saturated rings. The van der Waals surface area contributed by atoms with Crippen LogP contribution in [0.5, 0.6) is 0 Å². The first-order valence-corrected chi connectivity index (χ1v) is 21.3. The van der Waals surface area contributed by atoms with Gasteiger partial charge in [0.1, 0.15) is 35.2 Å². The van der Waals surface area contributed by atoms with Crippen LogP contribution in [0.3, 0.4) is 0 Å². The SMILES string of the molecule is Cc1nnc(-c2ccc3c(-c4nc(N[C@@H]5CC[C@@H](C)N(C(=O)OCc6ccccc6)C5)ncc4C(F)(F)F)cn(COCC[Si](C)(C)C)c3n2)s1. The van der Waals surface area contributed by atoms with Gasteiger partial charge in [0, 0.05) is 56.7 Å². The Balaban J connectivity index is 1.30. The monoisotopic (exact) mass is 738 g/mol. The van der Waals surface area contributed by atoms with Crippen LogP contribution in [0, 0.1) is 6.92 Å². The highest BCUT2D eigenvalue weighted by Crippen LogP contribution is 2.40. The number of alkyl halides is 3. The summed E-state index contributed by atoms with van der Waals surface area (Å²) in [6.07, 6.45) is -1.44. The number of fused-ring (bicyclic) bond motifs is 1. The van der Waals surface area contributed by atoms with E-state index in [0.717, 1.165) is 22.8 Å². The Morgan fingerprint density at radius 2 is 1.86 bits per heavy atom. The molecule has 0 aliphatic carbocycles. The fourth-order valence-corrected chi connectivity index (χ4v) is 7.26. The molecule has 0 radical (unpaired) electrons. The third-order valence-corrected chi connectivity index (χ3v) is 11.3. The zero-order chi connectivity index (χ0) is 36.3. The Morgan fingerprint density at radius 3 is 2.57 bits per heavy atom. The molecule has 1 aromatic carbocycles. The van der Waals surface area contributed by atoms with E-state index in [1.54, 1.807) is 27.8 Å². The lowest BCUT2D eigenvalue weighted by molar-refractivity contribution is -0.137. The Bertz CT molecular complexity index is 1980. The Labute approximate surface area is 299 Å². The number of amides is 1. The van der Waals surface area contributed by atoms with E-state index in [1.807, 2.05) is 44.2 Å². The van der Waals surface area contributed by atoms with Crippen molar-refractivity contribution in [3.8, 4) is 22.0 Å². The van der Waals surface area contributed by atoms with E-state index in [0.29, 0.717) is 41.2 Å². The van der Waals surface area contributed by atoms with Crippen LogP contribution < -0.4 is 5.32 Å². The maximum absolute atomic E-state index is 14.5. The standard InChI is InChI=1S/C35H41F3N8O3SSi/c1-22-11-12-25(18-46(22)34(47)49-20-24-9-7-6-8-10-24)40-33-39-17-28(35(36,37)38)30(42-33)27-19-45(21-48-15-16-51(3,4)5)31-26(27)13-14-29(41-31)32-44-43-23(2)50-32/h6-10,13-14,17,19,22,25H,11-12,15-16,18,20-21H2,1-5H3,(H,39,40,42)/t22-,25-/m1/s1. The number of ether oxygens (including phenoxy) is 2. The molecule has 270 valence electrons. The molecule has 1 amide bonds. The fourth-order valence-electron chi connectivity index (χ4n) is 5.84. The maximum Gasteiger partial charge on any atom is 0.419 e. The number of aromatic nitrogens is 6. The van der Waals surface area contributed by atoms with Crippen molar-refractivity contribution in [3.63, 3.8) is 0 Å². The molecule has 0 unspecified atom stereocenters. The van der Waals surface area contributed by atoms with Crippen molar-refractivity contribution in [2.75, 3.05) is 18.5 Å². The molecule has 0 spiro atoms. The summed E-state index contributed by atoms with van der Waals surface area (Å²) < 4.78 is 56.9. The molecule has 2 atom stereocenters. The van der Waals surface area contributed by atoms with Gasteiger partial charge in [-0.05, 0) is 50.4 Å². The van der Waals surface area contributed by atoms with E-state index < -0.39 is 25.9 Å². The summed E-state index contributed by atoms with van der Waals surface area (Å²) in [5.74, 6) is 0.0244. The smallest absolute Gasteiger partial charge is 0.419 e. The molecule has 11 nitrogen and oxygen atoms in total. The van der Waals surface area contributed by atoms with E-state index in [-0.39, 0.29) is 49.2 Å². The van der Waals surface area contributed by atoms with Gasteiger partial charge in [0.25, 0.3) is 0 Å². The van der Waals surface area contributed by atoms with Gasteiger partial charge >= 0.3 is 12.3 Å². The number of halogens is 3. The van der Waals surface area contributed by atoms with Crippen LogP contribution in [0.1, 0.15) is 35.9 Å². The highest BCUT2D eigenvalue weighted by atomic mass is 32.1. The van der Waals surface area contributed by atoms with Crippen molar-refractivity contribution < 1.29 is 27.4 Å². The van der Waals surface area contributed by atoms with Gasteiger partial charge in [-0.1, -0.05) is 61.3 Å². The minimum Gasteiger partial charge on any atom is -0.445 e. The number of benzene rings is 1. The molecular weight excluding hydrogens is 698 g/mol. The first-order valence-electron chi connectivity index (χ1n) is 16.8. The summed E-state index contributed by atoms with van der Waals surface area (Å²) in [6.45, 7) is 11.6. The average Bonchev–Trinajstić information content (AvgIpc) is 3.69. The number of carbonyl (C=O) groups is 1. The summed E-state index contributed by atoms with van der Waals surface area (Å²) in [5.41, 5.74) is 0.857. The van der Waals surface area contributed by atoms with Gasteiger partial charge in [-0.15, -0.1) is 10.2 Å². The molecule has 1 aliphatic rings. The molecule has 1 saturated heterocycles. The summed E-state index contributed by atoms with van der Waals surface area (Å²) >= 11 is 1.38. The summed E-state index contributed by atoms with van der Waals surface area (Å²) in [5, 5.41) is 13.3. The van der Waals surface area contributed by atoms with Gasteiger partial charge < -0.3 is 24.3 Å². The molecule has 0 saturated carbocycles. The number of hydrogen-bond acceptors (Lipinski definition) is 10. The van der Waals surface area contributed by atoms with E-state index >= 15 is 0 Å². The molecule has 6 rings (SSSR count). The van der Waals surface area contributed by atoms with Crippen LogP contribution in [-0.2, 0) is 29.0 Å². The van der Waals surface area contributed by atoms with E-state index in [2.05, 4.69) is 45.1 Å².